The molecule has 3 N–H and O–H groups in total. The van der Waals surface area contributed by atoms with Crippen LogP contribution in [0.5, 0.6) is 5.75 Å². The summed E-state index contributed by atoms with van der Waals surface area (Å²) in [5.74, 6) is -0.139. The van der Waals surface area contributed by atoms with Crippen LogP contribution in [-0.4, -0.2) is 49.0 Å². The first kappa shape index (κ1) is 22.1. The fourth-order valence-corrected chi connectivity index (χ4v) is 3.02. The van der Waals surface area contributed by atoms with E-state index in [1.54, 1.807) is 30.3 Å². The summed E-state index contributed by atoms with van der Waals surface area (Å²) in [6, 6.07) is 12.7. The summed E-state index contributed by atoms with van der Waals surface area (Å²) in [6.45, 7) is 2.29. The molecule has 34 heavy (non-hydrogen) atoms. The monoisotopic (exact) mass is 463 g/mol. The number of nitrogens with one attached hydrogen (secondary N) is 1. The number of benzene rings is 2. The lowest BCUT2D eigenvalue weighted by Gasteiger charge is -2.08. The highest BCUT2D eigenvalue weighted by Gasteiger charge is 2.25. The fourth-order valence-electron chi connectivity index (χ4n) is 3.02. The van der Waals surface area contributed by atoms with Crippen LogP contribution in [0.4, 0.5) is 11.5 Å². The van der Waals surface area contributed by atoms with Crippen LogP contribution in [0, 0.1) is 10.1 Å². The Hall–Kier alpha value is -5.14. The molecule has 172 valence electrons. The minimum atomic E-state index is -0.695. The number of amides is 1. The van der Waals surface area contributed by atoms with E-state index >= 15 is 0 Å². The molecule has 0 aliphatic carbocycles. The Morgan fingerprint density at radius 1 is 1.29 bits per heavy atom. The number of nitrogen functional groups attached to an aromatic ring is 1. The molecule has 14 nitrogen and oxygen atoms in total. The van der Waals surface area contributed by atoms with E-state index in [1.807, 2.05) is 6.92 Å². The molecule has 0 spiro atoms. The smallest absolute Gasteiger partial charge is 0.294 e. The number of nitrogens with zero attached hydrogens (tertiary/aromatic N) is 7. The Balaban J connectivity index is 1.68. The van der Waals surface area contributed by atoms with Gasteiger partial charge in [-0.1, -0.05) is 29.5 Å². The SMILES string of the molecule is CCOc1cccc(-c2c(C(=O)N/N=C/c3cccc([N+](=O)[O-])c3)nnn2-c2nonc2N)c1. The van der Waals surface area contributed by atoms with Gasteiger partial charge in [0.05, 0.1) is 17.7 Å². The van der Waals surface area contributed by atoms with E-state index in [4.69, 9.17) is 10.5 Å². The molecule has 0 saturated heterocycles. The highest BCUT2D eigenvalue weighted by atomic mass is 16.6. The summed E-state index contributed by atoms with van der Waals surface area (Å²) in [5.41, 5.74) is 9.15. The number of ether oxygens (including phenoxy) is 1. The molecule has 4 rings (SSSR count). The van der Waals surface area contributed by atoms with Crippen molar-refractivity contribution in [2.45, 2.75) is 6.92 Å². The molecule has 0 unspecified atom stereocenters. The van der Waals surface area contributed by atoms with Gasteiger partial charge in [0.2, 0.25) is 11.6 Å². The first-order chi connectivity index (χ1) is 16.5. The van der Waals surface area contributed by atoms with Crippen LogP contribution in [0.1, 0.15) is 23.0 Å². The Morgan fingerprint density at radius 2 is 2.12 bits per heavy atom. The molecule has 14 heteroatoms. The number of nitrogens with two attached hydrogens (primary N) is 1. The zero-order chi connectivity index (χ0) is 24.1. The predicted octanol–water partition coefficient (Wildman–Crippen LogP) is 1.97. The number of anilines is 1. The van der Waals surface area contributed by atoms with Crippen molar-refractivity contribution in [3.05, 3.63) is 69.9 Å². The van der Waals surface area contributed by atoms with E-state index in [1.165, 1.54) is 29.1 Å². The summed E-state index contributed by atoms with van der Waals surface area (Å²) in [5, 5.41) is 30.0. The molecule has 0 aliphatic heterocycles. The third-order valence-corrected chi connectivity index (χ3v) is 4.46. The van der Waals surface area contributed by atoms with Gasteiger partial charge < -0.3 is 10.5 Å². The Kier molecular flexibility index (Phi) is 6.20. The number of hydrazone groups is 1. The van der Waals surface area contributed by atoms with Crippen molar-refractivity contribution in [1.29, 1.82) is 0 Å². The van der Waals surface area contributed by atoms with Gasteiger partial charge in [-0.3, -0.25) is 14.9 Å². The summed E-state index contributed by atoms with van der Waals surface area (Å²) in [4.78, 5) is 23.3. The average Bonchev–Trinajstić information content (AvgIpc) is 3.45. The maximum Gasteiger partial charge on any atom is 0.294 e. The van der Waals surface area contributed by atoms with E-state index in [0.29, 0.717) is 23.5 Å². The van der Waals surface area contributed by atoms with Gasteiger partial charge in [-0.05, 0) is 29.4 Å². The molecule has 0 radical (unpaired) electrons. The number of nitro groups is 1. The molecule has 2 aromatic heterocycles. The first-order valence-electron chi connectivity index (χ1n) is 9.83. The highest BCUT2D eigenvalue weighted by Crippen LogP contribution is 2.29. The van der Waals surface area contributed by atoms with Crippen molar-refractivity contribution in [1.82, 2.24) is 30.7 Å². The molecular formula is C20H17N9O5. The summed E-state index contributed by atoms with van der Waals surface area (Å²) >= 11 is 0. The standard InChI is InChI=1S/C20H17N9O5/c1-2-33-15-8-4-6-13(10-15)17-16(23-27-28(17)19-18(21)25-34-26-19)20(30)24-22-11-12-5-3-7-14(9-12)29(31)32/h3-11H,2H2,1H3,(H2,21,25)(H,24,30)/b22-11+. The van der Waals surface area contributed by atoms with Crippen molar-refractivity contribution in [3.8, 4) is 22.8 Å². The van der Waals surface area contributed by atoms with Crippen molar-refractivity contribution in [2.24, 2.45) is 5.10 Å². The Labute approximate surface area is 191 Å². The zero-order valence-electron chi connectivity index (χ0n) is 17.7. The minimum Gasteiger partial charge on any atom is -0.494 e. The van der Waals surface area contributed by atoms with Crippen molar-refractivity contribution in [3.63, 3.8) is 0 Å². The summed E-state index contributed by atoms with van der Waals surface area (Å²) in [6.07, 6.45) is 1.27. The number of carbonyl (C=O) groups is 1. The summed E-state index contributed by atoms with van der Waals surface area (Å²) < 4.78 is 11.4. The Morgan fingerprint density at radius 3 is 2.85 bits per heavy atom. The third-order valence-electron chi connectivity index (χ3n) is 4.46. The molecule has 0 saturated carbocycles. The van der Waals surface area contributed by atoms with E-state index < -0.39 is 10.8 Å². The van der Waals surface area contributed by atoms with Crippen molar-refractivity contribution in [2.75, 3.05) is 12.3 Å². The number of carbonyl (C=O) groups excluding carboxylic acids is 1. The molecule has 0 aliphatic rings. The number of hydrogen-bond acceptors (Lipinski definition) is 11. The Bertz CT molecular complexity index is 1380. The number of non-ortho nitro benzene ring substituents is 1. The molecule has 0 bridgehead atoms. The van der Waals surface area contributed by atoms with E-state index in [2.05, 4.69) is 35.8 Å². The predicted molar refractivity (Wildman–Crippen MR) is 118 cm³/mol. The second-order valence-corrected chi connectivity index (χ2v) is 6.68. The van der Waals surface area contributed by atoms with Gasteiger partial charge in [0, 0.05) is 23.3 Å². The average molecular weight is 463 g/mol. The molecule has 2 aromatic carbocycles. The van der Waals surface area contributed by atoms with Crippen LogP contribution in [-0.2, 0) is 0 Å². The normalized spacial score (nSPS) is 11.0. The first-order valence-corrected chi connectivity index (χ1v) is 9.83. The summed E-state index contributed by atoms with van der Waals surface area (Å²) in [7, 11) is 0. The zero-order valence-corrected chi connectivity index (χ0v) is 17.7. The van der Waals surface area contributed by atoms with Crippen LogP contribution in [0.15, 0.2) is 58.3 Å². The van der Waals surface area contributed by atoms with Crippen molar-refractivity contribution >= 4 is 23.6 Å². The van der Waals surface area contributed by atoms with Crippen LogP contribution >= 0.6 is 0 Å². The fraction of sp³-hybridized carbons (Fsp3) is 0.100. The van der Waals surface area contributed by atoms with E-state index in [0.717, 1.165) is 0 Å². The van der Waals surface area contributed by atoms with Gasteiger partial charge in [-0.25, -0.2) is 10.1 Å². The topological polar surface area (TPSA) is 189 Å². The number of rotatable bonds is 8. The second kappa shape index (κ2) is 9.56. The lowest BCUT2D eigenvalue weighted by Crippen LogP contribution is -2.19. The molecule has 0 atom stereocenters. The lowest BCUT2D eigenvalue weighted by molar-refractivity contribution is -0.384. The largest absolute Gasteiger partial charge is 0.494 e. The van der Waals surface area contributed by atoms with Crippen LogP contribution in [0.25, 0.3) is 17.1 Å². The molecule has 2 heterocycles. The van der Waals surface area contributed by atoms with E-state index in [-0.39, 0.29) is 28.7 Å². The molecule has 4 aromatic rings. The van der Waals surface area contributed by atoms with Gasteiger partial charge in [0.25, 0.3) is 11.6 Å². The lowest BCUT2D eigenvalue weighted by atomic mass is 10.1. The van der Waals surface area contributed by atoms with Crippen LogP contribution in [0.3, 0.4) is 0 Å². The number of hydrogen-bond donors (Lipinski definition) is 2. The molecule has 1 amide bonds. The van der Waals surface area contributed by atoms with Gasteiger partial charge in [-0.2, -0.15) is 9.78 Å². The van der Waals surface area contributed by atoms with Crippen LogP contribution < -0.4 is 15.9 Å². The van der Waals surface area contributed by atoms with Gasteiger partial charge in [0.15, 0.2) is 5.69 Å². The third kappa shape index (κ3) is 4.55. The maximum atomic E-state index is 12.9. The number of aromatic nitrogens is 5. The van der Waals surface area contributed by atoms with E-state index in [9.17, 15) is 14.9 Å². The second-order valence-electron chi connectivity index (χ2n) is 6.68. The minimum absolute atomic E-state index is 0.0449. The maximum absolute atomic E-state index is 12.9. The quantitative estimate of drug-likeness (QED) is 0.222. The van der Waals surface area contributed by atoms with Gasteiger partial charge in [-0.15, -0.1) is 5.10 Å². The number of nitro benzene ring substituents is 1. The van der Waals surface area contributed by atoms with Crippen molar-refractivity contribution < 1.29 is 19.1 Å². The van der Waals surface area contributed by atoms with Gasteiger partial charge >= 0.3 is 0 Å². The highest BCUT2D eigenvalue weighted by molar-refractivity contribution is 5.99. The molecular weight excluding hydrogens is 446 g/mol. The van der Waals surface area contributed by atoms with Gasteiger partial charge in [0.1, 0.15) is 11.4 Å². The van der Waals surface area contributed by atoms with Crippen LogP contribution in [0.2, 0.25) is 0 Å². The molecule has 0 fully saturated rings.